The largest absolute Gasteiger partial charge is 0.388 e. The zero-order valence-electron chi connectivity index (χ0n) is 16.0. The Morgan fingerprint density at radius 1 is 1.25 bits per heavy atom. The van der Waals surface area contributed by atoms with Crippen LogP contribution in [-0.4, -0.2) is 67.0 Å². The summed E-state index contributed by atoms with van der Waals surface area (Å²) in [5, 5.41) is 12.5. The Balaban J connectivity index is 1.30. The first-order valence-corrected chi connectivity index (χ1v) is 10.2. The van der Waals surface area contributed by atoms with Crippen molar-refractivity contribution in [1.29, 1.82) is 0 Å². The Kier molecular flexibility index (Phi) is 4.16. The molecule has 3 aliphatic rings. The van der Waals surface area contributed by atoms with Gasteiger partial charge < -0.3 is 19.5 Å². The smallest absolute Gasteiger partial charge is 0.242 e. The summed E-state index contributed by atoms with van der Waals surface area (Å²) in [7, 11) is 0. The number of carbonyl (C=O) groups is 2. The van der Waals surface area contributed by atoms with Crippen molar-refractivity contribution in [1.82, 2.24) is 19.4 Å². The summed E-state index contributed by atoms with van der Waals surface area (Å²) in [5.74, 6) is 0.128. The van der Waals surface area contributed by atoms with Crippen molar-refractivity contribution in [3.63, 3.8) is 0 Å². The van der Waals surface area contributed by atoms with Crippen molar-refractivity contribution in [2.75, 3.05) is 13.1 Å². The summed E-state index contributed by atoms with van der Waals surface area (Å²) in [6.45, 7) is 1.40. The van der Waals surface area contributed by atoms with E-state index in [1.54, 1.807) is 11.1 Å². The lowest BCUT2D eigenvalue weighted by atomic mass is 9.85. The van der Waals surface area contributed by atoms with Crippen molar-refractivity contribution in [2.24, 2.45) is 0 Å². The van der Waals surface area contributed by atoms with E-state index in [0.29, 0.717) is 32.4 Å². The molecule has 7 nitrogen and oxygen atoms in total. The van der Waals surface area contributed by atoms with E-state index in [1.165, 1.54) is 0 Å². The van der Waals surface area contributed by atoms with Gasteiger partial charge in [-0.2, -0.15) is 0 Å². The van der Waals surface area contributed by atoms with E-state index in [1.807, 2.05) is 29.4 Å². The first-order valence-electron chi connectivity index (χ1n) is 10.2. The number of rotatable bonds is 4. The number of pyridine rings is 1. The molecule has 1 N–H and O–H groups in total. The number of hydrogen-bond donors (Lipinski definition) is 1. The Labute approximate surface area is 163 Å². The van der Waals surface area contributed by atoms with Gasteiger partial charge in [-0.15, -0.1) is 0 Å². The third-order valence-electron chi connectivity index (χ3n) is 6.68. The van der Waals surface area contributed by atoms with Gasteiger partial charge in [0.05, 0.1) is 30.4 Å². The standard InChI is InChI=1S/C21H26N4O3/c26-19-2-1-8-23(19)13-20(27)25-16-3-4-17(25)11-21(28,10-16)14-24-9-6-15-5-7-22-12-18(15)24/h5-7,9,12,16-17,28H,1-4,8,10-11,13-14H2/t16-,17+,21?. The molecule has 0 radical (unpaired) electrons. The molecule has 2 amide bonds. The van der Waals surface area contributed by atoms with Crippen LogP contribution < -0.4 is 0 Å². The minimum atomic E-state index is -0.826. The minimum Gasteiger partial charge on any atom is -0.388 e. The number of nitrogens with zero attached hydrogens (tertiary/aromatic N) is 4. The van der Waals surface area contributed by atoms with Crippen LogP contribution in [0.1, 0.15) is 38.5 Å². The fourth-order valence-electron chi connectivity index (χ4n) is 5.46. The molecule has 7 heteroatoms. The molecule has 3 saturated heterocycles. The maximum atomic E-state index is 12.9. The molecule has 0 aliphatic carbocycles. The second-order valence-corrected chi connectivity index (χ2v) is 8.62. The highest BCUT2D eigenvalue weighted by Crippen LogP contribution is 2.42. The van der Waals surface area contributed by atoms with Gasteiger partial charge in [0.15, 0.2) is 0 Å². The van der Waals surface area contributed by atoms with E-state index in [-0.39, 0.29) is 30.4 Å². The topological polar surface area (TPSA) is 78.7 Å². The van der Waals surface area contributed by atoms with Gasteiger partial charge in [0.1, 0.15) is 0 Å². The summed E-state index contributed by atoms with van der Waals surface area (Å²) >= 11 is 0. The predicted molar refractivity (Wildman–Crippen MR) is 103 cm³/mol. The van der Waals surface area contributed by atoms with Crippen LogP contribution in [0.4, 0.5) is 0 Å². The van der Waals surface area contributed by atoms with Crippen molar-refractivity contribution in [3.8, 4) is 0 Å². The van der Waals surface area contributed by atoms with Crippen LogP contribution >= 0.6 is 0 Å². The number of hydrogen-bond acceptors (Lipinski definition) is 4. The molecule has 2 bridgehead atoms. The molecule has 5 rings (SSSR count). The molecule has 28 heavy (non-hydrogen) atoms. The average molecular weight is 382 g/mol. The highest BCUT2D eigenvalue weighted by molar-refractivity contribution is 5.86. The van der Waals surface area contributed by atoms with Gasteiger partial charge in [0.25, 0.3) is 0 Å². The quantitative estimate of drug-likeness (QED) is 0.870. The molecule has 0 saturated carbocycles. The zero-order chi connectivity index (χ0) is 19.3. The molecule has 3 aliphatic heterocycles. The number of aliphatic hydroxyl groups is 1. The normalized spacial score (nSPS) is 29.8. The first kappa shape index (κ1) is 17.7. The van der Waals surface area contributed by atoms with Gasteiger partial charge >= 0.3 is 0 Å². The molecule has 5 heterocycles. The van der Waals surface area contributed by atoms with Gasteiger partial charge in [-0.3, -0.25) is 14.6 Å². The Morgan fingerprint density at radius 3 is 2.75 bits per heavy atom. The lowest BCUT2D eigenvalue weighted by Gasteiger charge is -2.44. The van der Waals surface area contributed by atoms with Gasteiger partial charge in [0.2, 0.25) is 11.8 Å². The van der Waals surface area contributed by atoms with Crippen molar-refractivity contribution < 1.29 is 14.7 Å². The van der Waals surface area contributed by atoms with Gasteiger partial charge in [-0.1, -0.05) is 0 Å². The molecule has 148 valence electrons. The summed E-state index contributed by atoms with van der Waals surface area (Å²) in [6.07, 6.45) is 10.0. The van der Waals surface area contributed by atoms with Crippen LogP contribution in [0.15, 0.2) is 30.7 Å². The Bertz CT molecular complexity index is 909. The van der Waals surface area contributed by atoms with E-state index in [0.717, 1.165) is 30.2 Å². The van der Waals surface area contributed by atoms with Crippen LogP contribution in [0.25, 0.3) is 10.9 Å². The monoisotopic (exact) mass is 382 g/mol. The van der Waals surface area contributed by atoms with E-state index in [2.05, 4.69) is 9.55 Å². The van der Waals surface area contributed by atoms with Crippen molar-refractivity contribution in [2.45, 2.75) is 62.8 Å². The zero-order valence-corrected chi connectivity index (χ0v) is 16.0. The second-order valence-electron chi connectivity index (χ2n) is 8.62. The number of aromatic nitrogens is 2. The lowest BCUT2D eigenvalue weighted by Crippen LogP contribution is -2.56. The number of piperidine rings is 1. The SMILES string of the molecule is O=C1CCCN1CC(=O)N1[C@@H]2CC[C@H]1CC(O)(Cn1ccc3ccncc31)C2. The number of carbonyl (C=O) groups excluding carboxylic acids is 2. The number of fused-ring (bicyclic) bond motifs is 3. The van der Waals surface area contributed by atoms with Gasteiger partial charge in [-0.05, 0) is 44.2 Å². The first-order chi connectivity index (χ1) is 13.5. The van der Waals surface area contributed by atoms with Crippen LogP contribution in [0.5, 0.6) is 0 Å². The fourth-order valence-corrected chi connectivity index (χ4v) is 5.46. The maximum Gasteiger partial charge on any atom is 0.242 e. The molecule has 2 aromatic rings. The van der Waals surface area contributed by atoms with Crippen LogP contribution in [0, 0.1) is 0 Å². The fraction of sp³-hybridized carbons (Fsp3) is 0.571. The van der Waals surface area contributed by atoms with E-state index >= 15 is 0 Å². The Morgan fingerprint density at radius 2 is 2.04 bits per heavy atom. The number of likely N-dealkylation sites (tertiary alicyclic amines) is 1. The summed E-state index contributed by atoms with van der Waals surface area (Å²) < 4.78 is 2.07. The number of amides is 2. The third-order valence-corrected chi connectivity index (χ3v) is 6.68. The summed E-state index contributed by atoms with van der Waals surface area (Å²) in [4.78, 5) is 32.6. The van der Waals surface area contributed by atoms with Crippen LogP contribution in [-0.2, 0) is 16.1 Å². The second kappa shape index (κ2) is 6.58. The van der Waals surface area contributed by atoms with Crippen LogP contribution in [0.2, 0.25) is 0 Å². The maximum absolute atomic E-state index is 12.9. The van der Waals surface area contributed by atoms with E-state index in [4.69, 9.17) is 0 Å². The molecule has 2 aromatic heterocycles. The lowest BCUT2D eigenvalue weighted by molar-refractivity contribution is -0.146. The summed E-state index contributed by atoms with van der Waals surface area (Å²) in [5.41, 5.74) is 0.197. The van der Waals surface area contributed by atoms with Crippen molar-refractivity contribution >= 4 is 22.7 Å². The summed E-state index contributed by atoms with van der Waals surface area (Å²) in [6, 6.07) is 4.14. The highest BCUT2D eigenvalue weighted by atomic mass is 16.3. The molecule has 3 atom stereocenters. The molecular formula is C21H26N4O3. The van der Waals surface area contributed by atoms with E-state index in [9.17, 15) is 14.7 Å². The van der Waals surface area contributed by atoms with Crippen molar-refractivity contribution in [3.05, 3.63) is 30.7 Å². The highest BCUT2D eigenvalue weighted by Gasteiger charge is 2.49. The predicted octanol–water partition coefficient (Wildman–Crippen LogP) is 1.54. The third kappa shape index (κ3) is 2.98. The minimum absolute atomic E-state index is 0.0420. The molecule has 0 aromatic carbocycles. The van der Waals surface area contributed by atoms with Crippen LogP contribution in [0.3, 0.4) is 0 Å². The van der Waals surface area contributed by atoms with Gasteiger partial charge in [0, 0.05) is 42.8 Å². The average Bonchev–Trinajstić information content (AvgIpc) is 3.33. The molecule has 1 unspecified atom stereocenters. The van der Waals surface area contributed by atoms with E-state index < -0.39 is 5.60 Å². The molecular weight excluding hydrogens is 356 g/mol. The van der Waals surface area contributed by atoms with Gasteiger partial charge in [-0.25, -0.2) is 0 Å². The molecule has 0 spiro atoms. The molecule has 3 fully saturated rings. The Hall–Kier alpha value is -2.41.